The first-order chi connectivity index (χ1) is 10.6. The topological polar surface area (TPSA) is 29.5 Å². The number of benzene rings is 1. The molecule has 128 valence electrons. The third kappa shape index (κ3) is 3.45. The van der Waals surface area contributed by atoms with Gasteiger partial charge in [-0.2, -0.15) is 0 Å². The first-order valence-electron chi connectivity index (χ1n) is 8.58. The molecule has 3 nitrogen and oxygen atoms in total. The largest absolute Gasteiger partial charge is 0.459 e. The number of carbonyl (C=O) groups is 1. The van der Waals surface area contributed by atoms with Crippen LogP contribution in [0.2, 0.25) is 0 Å². The molecule has 2 rings (SSSR count). The highest BCUT2D eigenvalue weighted by Gasteiger charge is 2.58. The summed E-state index contributed by atoms with van der Waals surface area (Å²) >= 11 is 0. The molecule has 0 amide bonds. The van der Waals surface area contributed by atoms with Gasteiger partial charge in [-0.1, -0.05) is 51.1 Å². The molecular weight excluding hydrogens is 286 g/mol. The second kappa shape index (κ2) is 6.27. The molecule has 0 spiro atoms. The molecule has 1 aromatic carbocycles. The van der Waals surface area contributed by atoms with Crippen molar-refractivity contribution in [1.29, 1.82) is 0 Å². The van der Waals surface area contributed by atoms with Gasteiger partial charge in [0.1, 0.15) is 12.1 Å². The van der Waals surface area contributed by atoms with E-state index in [4.69, 9.17) is 4.74 Å². The van der Waals surface area contributed by atoms with E-state index < -0.39 is 5.54 Å². The van der Waals surface area contributed by atoms with E-state index in [-0.39, 0.29) is 16.9 Å². The van der Waals surface area contributed by atoms with E-state index in [1.807, 2.05) is 30.3 Å². The van der Waals surface area contributed by atoms with Crippen molar-refractivity contribution in [2.45, 2.75) is 72.1 Å². The fraction of sp³-hybridized carbons (Fsp3) is 0.650. The van der Waals surface area contributed by atoms with Crippen molar-refractivity contribution in [3.63, 3.8) is 0 Å². The molecule has 1 fully saturated rings. The Morgan fingerprint density at radius 3 is 2.26 bits per heavy atom. The first-order valence-corrected chi connectivity index (χ1v) is 8.58. The van der Waals surface area contributed by atoms with Gasteiger partial charge in [-0.15, -0.1) is 0 Å². The minimum atomic E-state index is -0.556. The lowest BCUT2D eigenvalue weighted by Crippen LogP contribution is -2.64. The number of hydrogen-bond acceptors (Lipinski definition) is 3. The molecule has 1 saturated heterocycles. The van der Waals surface area contributed by atoms with E-state index in [1.165, 1.54) is 0 Å². The predicted molar refractivity (Wildman–Crippen MR) is 94.1 cm³/mol. The smallest absolute Gasteiger partial charge is 0.327 e. The number of carbonyl (C=O) groups excluding carboxylic acids is 1. The molecule has 1 aliphatic rings. The summed E-state index contributed by atoms with van der Waals surface area (Å²) in [5.41, 5.74) is 0.241. The second-order valence-electron chi connectivity index (χ2n) is 8.60. The normalized spacial score (nSPS) is 23.0. The lowest BCUT2D eigenvalue weighted by Gasteiger charge is -2.51. The van der Waals surface area contributed by atoms with Crippen LogP contribution >= 0.6 is 0 Å². The highest BCUT2D eigenvalue weighted by molar-refractivity contribution is 5.82. The monoisotopic (exact) mass is 317 g/mol. The lowest BCUT2D eigenvalue weighted by atomic mass is 9.70. The Labute approximate surface area is 141 Å². The van der Waals surface area contributed by atoms with E-state index in [0.29, 0.717) is 6.61 Å². The van der Waals surface area contributed by atoms with E-state index in [0.717, 1.165) is 24.9 Å². The molecule has 0 bridgehead atoms. The average Bonchev–Trinajstić information content (AvgIpc) is 2.91. The summed E-state index contributed by atoms with van der Waals surface area (Å²) in [6.45, 7) is 14.3. The molecule has 0 N–H and O–H groups in total. The maximum Gasteiger partial charge on any atom is 0.327 e. The van der Waals surface area contributed by atoms with Gasteiger partial charge < -0.3 is 4.74 Å². The third-order valence-corrected chi connectivity index (χ3v) is 4.98. The zero-order chi connectivity index (χ0) is 17.3. The Hall–Kier alpha value is -1.35. The van der Waals surface area contributed by atoms with Gasteiger partial charge in [-0.25, -0.2) is 0 Å². The van der Waals surface area contributed by atoms with Crippen LogP contribution in [0.1, 0.15) is 59.9 Å². The van der Waals surface area contributed by atoms with Crippen molar-refractivity contribution in [1.82, 2.24) is 4.90 Å². The van der Waals surface area contributed by atoms with Crippen LogP contribution in [0.5, 0.6) is 0 Å². The van der Waals surface area contributed by atoms with Crippen LogP contribution in [0.25, 0.3) is 0 Å². The van der Waals surface area contributed by atoms with Gasteiger partial charge >= 0.3 is 5.97 Å². The van der Waals surface area contributed by atoms with Crippen molar-refractivity contribution in [3.05, 3.63) is 35.9 Å². The van der Waals surface area contributed by atoms with E-state index in [9.17, 15) is 4.79 Å². The minimum Gasteiger partial charge on any atom is -0.459 e. The third-order valence-electron chi connectivity index (χ3n) is 4.98. The zero-order valence-electron chi connectivity index (χ0n) is 15.5. The molecule has 3 heteroatoms. The molecule has 1 atom stereocenters. The van der Waals surface area contributed by atoms with Gasteiger partial charge in [-0.3, -0.25) is 9.69 Å². The fourth-order valence-electron chi connectivity index (χ4n) is 3.87. The first kappa shape index (κ1) is 18.0. The molecule has 0 aromatic heterocycles. The molecule has 0 saturated carbocycles. The summed E-state index contributed by atoms with van der Waals surface area (Å²) in [7, 11) is 0. The van der Waals surface area contributed by atoms with Crippen LogP contribution < -0.4 is 0 Å². The van der Waals surface area contributed by atoms with Gasteiger partial charge in [0, 0.05) is 5.54 Å². The Balaban J connectivity index is 2.27. The SMILES string of the molecule is CC(C)(C)N1CCCC1(C(=O)OCc1ccccc1)C(C)(C)C. The minimum absolute atomic E-state index is 0.0600. The predicted octanol–water partition coefficient (Wildman–Crippen LogP) is 4.41. The van der Waals surface area contributed by atoms with Gasteiger partial charge in [0.2, 0.25) is 0 Å². The molecular formula is C20H31NO2. The highest BCUT2D eigenvalue weighted by atomic mass is 16.5. The number of rotatable bonds is 3. The molecule has 1 aromatic rings. The molecule has 1 heterocycles. The zero-order valence-corrected chi connectivity index (χ0v) is 15.5. The van der Waals surface area contributed by atoms with E-state index in [1.54, 1.807) is 0 Å². The summed E-state index contributed by atoms with van der Waals surface area (Å²) < 4.78 is 5.79. The Bertz CT molecular complexity index is 539. The quantitative estimate of drug-likeness (QED) is 0.773. The van der Waals surface area contributed by atoms with Crippen molar-refractivity contribution in [3.8, 4) is 0 Å². The summed E-state index contributed by atoms with van der Waals surface area (Å²) in [4.78, 5) is 15.5. The molecule has 23 heavy (non-hydrogen) atoms. The molecule has 1 aliphatic heterocycles. The standard InChI is InChI=1S/C20H31NO2/c1-18(2,3)20(13-10-14-21(20)19(4,5)6)17(22)23-15-16-11-8-7-9-12-16/h7-9,11-12H,10,13-15H2,1-6H3. The number of esters is 1. The van der Waals surface area contributed by atoms with Crippen LogP contribution in [-0.4, -0.2) is 28.5 Å². The lowest BCUT2D eigenvalue weighted by molar-refractivity contribution is -0.171. The van der Waals surface area contributed by atoms with Crippen LogP contribution in [0.15, 0.2) is 30.3 Å². The van der Waals surface area contributed by atoms with Gasteiger partial charge in [-0.05, 0) is 51.1 Å². The van der Waals surface area contributed by atoms with Crippen molar-refractivity contribution in [2.24, 2.45) is 5.41 Å². The number of ether oxygens (including phenoxy) is 1. The summed E-state index contributed by atoms with van der Waals surface area (Å²) in [6, 6.07) is 9.90. The number of nitrogens with zero attached hydrogens (tertiary/aromatic N) is 1. The van der Waals surface area contributed by atoms with Crippen molar-refractivity contribution in [2.75, 3.05) is 6.54 Å². The molecule has 1 unspecified atom stereocenters. The fourth-order valence-corrected chi connectivity index (χ4v) is 3.87. The maximum absolute atomic E-state index is 13.2. The molecule has 0 aliphatic carbocycles. The van der Waals surface area contributed by atoms with Crippen LogP contribution in [0.4, 0.5) is 0 Å². The van der Waals surface area contributed by atoms with Gasteiger partial charge in [0.25, 0.3) is 0 Å². The van der Waals surface area contributed by atoms with Gasteiger partial charge in [0.05, 0.1) is 0 Å². The summed E-state index contributed by atoms with van der Waals surface area (Å²) in [5, 5.41) is 0. The Morgan fingerprint density at radius 2 is 1.74 bits per heavy atom. The number of likely N-dealkylation sites (tertiary alicyclic amines) is 1. The average molecular weight is 317 g/mol. The molecule has 0 radical (unpaired) electrons. The van der Waals surface area contributed by atoms with E-state index in [2.05, 4.69) is 46.4 Å². The Morgan fingerprint density at radius 1 is 1.13 bits per heavy atom. The summed E-state index contributed by atoms with van der Waals surface area (Å²) in [6.07, 6.45) is 1.90. The van der Waals surface area contributed by atoms with Gasteiger partial charge in [0.15, 0.2) is 0 Å². The van der Waals surface area contributed by atoms with Crippen LogP contribution in [-0.2, 0) is 16.1 Å². The van der Waals surface area contributed by atoms with Crippen LogP contribution in [0.3, 0.4) is 0 Å². The summed E-state index contributed by atoms with van der Waals surface area (Å²) in [5.74, 6) is -0.0821. The number of hydrogen-bond donors (Lipinski definition) is 0. The maximum atomic E-state index is 13.2. The van der Waals surface area contributed by atoms with Crippen LogP contribution in [0, 0.1) is 5.41 Å². The van der Waals surface area contributed by atoms with E-state index >= 15 is 0 Å². The second-order valence-corrected chi connectivity index (χ2v) is 8.60. The van der Waals surface area contributed by atoms with Crippen molar-refractivity contribution >= 4 is 5.97 Å². The van der Waals surface area contributed by atoms with Crippen molar-refractivity contribution < 1.29 is 9.53 Å². The Kier molecular flexibility index (Phi) is 4.91. The highest BCUT2D eigenvalue weighted by Crippen LogP contribution is 2.47.